The molecule has 1 aliphatic carbocycles. The number of halogens is 1. The van der Waals surface area contributed by atoms with E-state index < -0.39 is 5.41 Å². The van der Waals surface area contributed by atoms with Gasteiger partial charge in [0.1, 0.15) is 0 Å². The van der Waals surface area contributed by atoms with Crippen LogP contribution >= 0.6 is 12.4 Å². The molecule has 0 aliphatic heterocycles. The maximum Gasteiger partial charge on any atom is 0.226 e. The minimum absolute atomic E-state index is 0. The van der Waals surface area contributed by atoms with Crippen LogP contribution in [0.15, 0.2) is 0 Å². The highest BCUT2D eigenvalue weighted by Gasteiger charge is 2.42. The molecule has 0 aromatic heterocycles. The van der Waals surface area contributed by atoms with Crippen molar-refractivity contribution in [3.8, 4) is 0 Å². The van der Waals surface area contributed by atoms with Crippen molar-refractivity contribution in [2.75, 3.05) is 13.1 Å². The quantitative estimate of drug-likeness (QED) is 0.756. The van der Waals surface area contributed by atoms with Crippen LogP contribution in [0.25, 0.3) is 0 Å². The lowest BCUT2D eigenvalue weighted by atomic mass is 9.92. The molecule has 0 radical (unpaired) electrons. The van der Waals surface area contributed by atoms with Gasteiger partial charge in [0, 0.05) is 13.1 Å². The van der Waals surface area contributed by atoms with Gasteiger partial charge in [0.15, 0.2) is 0 Å². The SMILES string of the molecule is CCCC1(CNC(=O)C(C)(C)CN)CC1.Cl. The second kappa shape index (κ2) is 5.87. The molecule has 1 saturated carbocycles. The molecular formula is C12H25ClN2O. The monoisotopic (exact) mass is 248 g/mol. The van der Waals surface area contributed by atoms with Crippen molar-refractivity contribution in [1.82, 2.24) is 5.32 Å². The summed E-state index contributed by atoms with van der Waals surface area (Å²) in [4.78, 5) is 11.8. The normalized spacial score (nSPS) is 17.5. The van der Waals surface area contributed by atoms with Crippen LogP contribution < -0.4 is 11.1 Å². The minimum Gasteiger partial charge on any atom is -0.355 e. The molecule has 0 unspecified atom stereocenters. The Bertz CT molecular complexity index is 237. The van der Waals surface area contributed by atoms with Crippen molar-refractivity contribution in [2.24, 2.45) is 16.6 Å². The van der Waals surface area contributed by atoms with Crippen LogP contribution in [-0.4, -0.2) is 19.0 Å². The highest BCUT2D eigenvalue weighted by Crippen LogP contribution is 2.48. The van der Waals surface area contributed by atoms with Gasteiger partial charge in [-0.25, -0.2) is 0 Å². The van der Waals surface area contributed by atoms with E-state index in [1.807, 2.05) is 13.8 Å². The van der Waals surface area contributed by atoms with E-state index in [9.17, 15) is 4.79 Å². The lowest BCUT2D eigenvalue weighted by Crippen LogP contribution is -2.43. The number of nitrogens with two attached hydrogens (primary N) is 1. The largest absolute Gasteiger partial charge is 0.355 e. The van der Waals surface area contributed by atoms with E-state index in [4.69, 9.17) is 5.73 Å². The molecule has 0 atom stereocenters. The molecule has 1 fully saturated rings. The predicted molar refractivity (Wildman–Crippen MR) is 69.7 cm³/mol. The van der Waals surface area contributed by atoms with Gasteiger partial charge >= 0.3 is 0 Å². The average Bonchev–Trinajstić information content (AvgIpc) is 2.95. The Morgan fingerprint density at radius 1 is 1.44 bits per heavy atom. The molecule has 1 rings (SSSR count). The molecule has 1 aliphatic rings. The molecule has 0 aromatic rings. The summed E-state index contributed by atoms with van der Waals surface area (Å²) in [5, 5.41) is 3.04. The zero-order valence-corrected chi connectivity index (χ0v) is 11.5. The maximum atomic E-state index is 11.8. The second-order valence-corrected chi connectivity index (χ2v) is 5.52. The van der Waals surface area contributed by atoms with Crippen LogP contribution in [0.4, 0.5) is 0 Å². The topological polar surface area (TPSA) is 55.1 Å². The van der Waals surface area contributed by atoms with Gasteiger partial charge in [0.05, 0.1) is 5.41 Å². The number of hydrogen-bond donors (Lipinski definition) is 2. The summed E-state index contributed by atoms with van der Waals surface area (Å²) in [6, 6.07) is 0. The number of carbonyl (C=O) groups excluding carboxylic acids is 1. The van der Waals surface area contributed by atoms with Gasteiger partial charge in [-0.15, -0.1) is 12.4 Å². The first-order valence-electron chi connectivity index (χ1n) is 5.94. The fourth-order valence-corrected chi connectivity index (χ4v) is 1.82. The maximum absolute atomic E-state index is 11.8. The Labute approximate surface area is 105 Å². The molecule has 0 heterocycles. The molecule has 3 N–H and O–H groups in total. The van der Waals surface area contributed by atoms with E-state index in [0.29, 0.717) is 12.0 Å². The van der Waals surface area contributed by atoms with Crippen LogP contribution in [0.3, 0.4) is 0 Å². The number of hydrogen-bond acceptors (Lipinski definition) is 2. The lowest BCUT2D eigenvalue weighted by molar-refractivity contribution is -0.129. The highest BCUT2D eigenvalue weighted by atomic mass is 35.5. The first kappa shape index (κ1) is 15.7. The average molecular weight is 249 g/mol. The Morgan fingerprint density at radius 3 is 2.38 bits per heavy atom. The minimum atomic E-state index is -0.428. The van der Waals surface area contributed by atoms with Crippen LogP contribution in [0, 0.1) is 10.8 Å². The molecule has 0 saturated heterocycles. The summed E-state index contributed by atoms with van der Waals surface area (Å²) in [6.45, 7) is 7.22. The first-order chi connectivity index (χ1) is 6.96. The van der Waals surface area contributed by atoms with Gasteiger partial charge in [0.2, 0.25) is 5.91 Å². The standard InChI is InChI=1S/C12H24N2O.ClH/c1-4-5-12(6-7-12)9-14-10(15)11(2,3)8-13;/h4-9,13H2,1-3H3,(H,14,15);1H. The Morgan fingerprint density at radius 2 is 2.00 bits per heavy atom. The molecule has 0 bridgehead atoms. The Kier molecular flexibility index (Phi) is 5.77. The molecule has 0 spiro atoms. The lowest BCUT2D eigenvalue weighted by Gasteiger charge is -2.23. The van der Waals surface area contributed by atoms with Crippen molar-refractivity contribution < 1.29 is 4.79 Å². The van der Waals surface area contributed by atoms with Crippen molar-refractivity contribution in [3.63, 3.8) is 0 Å². The molecule has 16 heavy (non-hydrogen) atoms. The highest BCUT2D eigenvalue weighted by molar-refractivity contribution is 5.85. The summed E-state index contributed by atoms with van der Waals surface area (Å²) in [7, 11) is 0. The van der Waals surface area contributed by atoms with Gasteiger partial charge in [-0.2, -0.15) is 0 Å². The summed E-state index contributed by atoms with van der Waals surface area (Å²) in [5.74, 6) is 0.0902. The second-order valence-electron chi connectivity index (χ2n) is 5.52. The molecule has 4 heteroatoms. The summed E-state index contributed by atoms with van der Waals surface area (Å²) in [5.41, 5.74) is 5.56. The fraction of sp³-hybridized carbons (Fsp3) is 0.917. The Balaban J connectivity index is 0.00000225. The predicted octanol–water partition coefficient (Wildman–Crippen LogP) is 2.09. The smallest absolute Gasteiger partial charge is 0.226 e. The van der Waals surface area contributed by atoms with E-state index >= 15 is 0 Å². The van der Waals surface area contributed by atoms with Gasteiger partial charge in [-0.3, -0.25) is 4.79 Å². The number of amides is 1. The van der Waals surface area contributed by atoms with Crippen molar-refractivity contribution in [1.29, 1.82) is 0 Å². The van der Waals surface area contributed by atoms with Crippen molar-refractivity contribution in [3.05, 3.63) is 0 Å². The van der Waals surface area contributed by atoms with Gasteiger partial charge in [0.25, 0.3) is 0 Å². The Hall–Kier alpha value is -0.280. The number of rotatable bonds is 6. The van der Waals surface area contributed by atoms with Crippen LogP contribution in [0.5, 0.6) is 0 Å². The molecule has 96 valence electrons. The van der Waals surface area contributed by atoms with Gasteiger partial charge < -0.3 is 11.1 Å². The third-order valence-corrected chi connectivity index (χ3v) is 3.49. The summed E-state index contributed by atoms with van der Waals surface area (Å²) in [6.07, 6.45) is 4.97. The van der Waals surface area contributed by atoms with Crippen molar-refractivity contribution in [2.45, 2.75) is 46.5 Å². The van der Waals surface area contributed by atoms with E-state index in [-0.39, 0.29) is 18.3 Å². The summed E-state index contributed by atoms with van der Waals surface area (Å²) >= 11 is 0. The molecule has 1 amide bonds. The zero-order chi connectivity index (χ0) is 11.5. The third kappa shape index (κ3) is 3.95. The first-order valence-corrected chi connectivity index (χ1v) is 5.94. The number of nitrogens with one attached hydrogen (secondary N) is 1. The molecule has 0 aromatic carbocycles. The van der Waals surface area contributed by atoms with E-state index in [0.717, 1.165) is 6.54 Å². The van der Waals surface area contributed by atoms with Crippen LogP contribution in [-0.2, 0) is 4.79 Å². The number of carbonyl (C=O) groups is 1. The van der Waals surface area contributed by atoms with Gasteiger partial charge in [-0.05, 0) is 38.5 Å². The zero-order valence-electron chi connectivity index (χ0n) is 10.6. The molecular weight excluding hydrogens is 224 g/mol. The van der Waals surface area contributed by atoms with E-state index in [2.05, 4.69) is 12.2 Å². The van der Waals surface area contributed by atoms with Crippen LogP contribution in [0.1, 0.15) is 46.5 Å². The third-order valence-electron chi connectivity index (χ3n) is 3.49. The molecule has 3 nitrogen and oxygen atoms in total. The van der Waals surface area contributed by atoms with Crippen LogP contribution in [0.2, 0.25) is 0 Å². The summed E-state index contributed by atoms with van der Waals surface area (Å²) < 4.78 is 0. The van der Waals surface area contributed by atoms with E-state index in [1.54, 1.807) is 0 Å². The van der Waals surface area contributed by atoms with Gasteiger partial charge in [-0.1, -0.05) is 13.3 Å². The van der Waals surface area contributed by atoms with E-state index in [1.165, 1.54) is 25.7 Å². The fourth-order valence-electron chi connectivity index (χ4n) is 1.82. The van der Waals surface area contributed by atoms with Crippen molar-refractivity contribution >= 4 is 18.3 Å².